The molecule has 0 radical (unpaired) electrons. The van der Waals surface area contributed by atoms with Crippen LogP contribution in [0.3, 0.4) is 0 Å². The molecular weight excluding hydrogens is 569 g/mol. The smallest absolute Gasteiger partial charge is 0.457 e. The van der Waals surface area contributed by atoms with E-state index in [-0.39, 0.29) is 55.5 Å². The molecule has 1 aliphatic rings. The standard InChI is InChI=1S/C23H27F3N2O9S2/c1-34-16-15-28(37-38(2,30)31)21(29)22(11-13-27-14-12-22)39(32,33)20-9-7-18(8-10-20)35-17-3-5-19(6-4-17)36-23(24,25)26/h3-10,27H,11-16H2,1-2H3. The van der Waals surface area contributed by atoms with Crippen molar-refractivity contribution in [2.75, 3.05) is 39.6 Å². The van der Waals surface area contributed by atoms with E-state index in [9.17, 15) is 34.8 Å². The summed E-state index contributed by atoms with van der Waals surface area (Å²) in [6.07, 6.45) is -4.39. The number of carbonyl (C=O) groups is 1. The first-order valence-electron chi connectivity index (χ1n) is 11.5. The Kier molecular flexibility index (Phi) is 9.48. The minimum absolute atomic E-state index is 0.106. The van der Waals surface area contributed by atoms with Gasteiger partial charge in [-0.2, -0.15) is 8.42 Å². The van der Waals surface area contributed by atoms with E-state index in [4.69, 9.17) is 13.8 Å². The first-order valence-corrected chi connectivity index (χ1v) is 14.8. The lowest BCUT2D eigenvalue weighted by Crippen LogP contribution is -2.59. The van der Waals surface area contributed by atoms with Crippen molar-refractivity contribution < 1.29 is 53.3 Å². The Morgan fingerprint density at radius 3 is 1.95 bits per heavy atom. The van der Waals surface area contributed by atoms with E-state index < -0.39 is 42.7 Å². The van der Waals surface area contributed by atoms with Crippen LogP contribution < -0.4 is 14.8 Å². The molecule has 2 aromatic carbocycles. The fraction of sp³-hybridized carbons (Fsp3) is 0.435. The zero-order valence-electron chi connectivity index (χ0n) is 20.9. The van der Waals surface area contributed by atoms with Crippen molar-refractivity contribution in [2.24, 2.45) is 0 Å². The van der Waals surface area contributed by atoms with Crippen LogP contribution in [0.15, 0.2) is 53.4 Å². The minimum atomic E-state index is -4.84. The van der Waals surface area contributed by atoms with Crippen LogP contribution in [0.25, 0.3) is 0 Å². The number of hydrogen-bond acceptors (Lipinski definition) is 10. The number of carbonyl (C=O) groups excluding carboxylic acids is 1. The van der Waals surface area contributed by atoms with Gasteiger partial charge in [0.15, 0.2) is 14.6 Å². The zero-order valence-corrected chi connectivity index (χ0v) is 22.6. The number of rotatable bonds is 11. The first-order chi connectivity index (χ1) is 18.2. The highest BCUT2D eigenvalue weighted by Gasteiger charge is 2.54. The third-order valence-electron chi connectivity index (χ3n) is 5.69. The van der Waals surface area contributed by atoms with Crippen molar-refractivity contribution >= 4 is 25.9 Å². The number of sulfone groups is 1. The number of nitrogens with zero attached hydrogens (tertiary/aromatic N) is 1. The Balaban J connectivity index is 1.87. The van der Waals surface area contributed by atoms with Gasteiger partial charge in [0, 0.05) is 7.11 Å². The van der Waals surface area contributed by atoms with Crippen LogP contribution in [0, 0.1) is 0 Å². The van der Waals surface area contributed by atoms with Gasteiger partial charge in [-0.05, 0) is 74.5 Å². The summed E-state index contributed by atoms with van der Waals surface area (Å²) in [5.41, 5.74) is 0. The van der Waals surface area contributed by atoms with E-state index in [0.29, 0.717) is 5.06 Å². The molecule has 1 fully saturated rings. The monoisotopic (exact) mass is 596 g/mol. The Labute approximate surface area is 223 Å². The van der Waals surface area contributed by atoms with Crippen molar-refractivity contribution in [3.63, 3.8) is 0 Å². The molecule has 0 bridgehead atoms. The number of methoxy groups -OCH3 is 1. The zero-order chi connectivity index (χ0) is 28.9. The number of nitrogens with one attached hydrogen (secondary N) is 1. The molecule has 16 heteroatoms. The summed E-state index contributed by atoms with van der Waals surface area (Å²) in [7, 11) is -7.22. The molecule has 1 N–H and O–H groups in total. The van der Waals surface area contributed by atoms with Gasteiger partial charge < -0.3 is 19.5 Å². The molecule has 1 aliphatic heterocycles. The molecule has 1 saturated heterocycles. The largest absolute Gasteiger partial charge is 0.573 e. The molecule has 39 heavy (non-hydrogen) atoms. The highest BCUT2D eigenvalue weighted by Crippen LogP contribution is 2.37. The van der Waals surface area contributed by atoms with Gasteiger partial charge in [0.1, 0.15) is 17.2 Å². The number of benzene rings is 2. The lowest BCUT2D eigenvalue weighted by atomic mass is 9.95. The Morgan fingerprint density at radius 1 is 0.949 bits per heavy atom. The molecule has 2 aromatic rings. The minimum Gasteiger partial charge on any atom is -0.457 e. The molecule has 11 nitrogen and oxygen atoms in total. The van der Waals surface area contributed by atoms with Crippen LogP contribution in [0.2, 0.25) is 0 Å². The maximum atomic E-state index is 13.9. The average Bonchev–Trinajstić information content (AvgIpc) is 2.86. The Bertz CT molecular complexity index is 1340. The van der Waals surface area contributed by atoms with Crippen LogP contribution in [-0.4, -0.2) is 78.5 Å². The van der Waals surface area contributed by atoms with Crippen LogP contribution in [0.1, 0.15) is 12.8 Å². The fourth-order valence-electron chi connectivity index (χ4n) is 3.92. The maximum Gasteiger partial charge on any atom is 0.573 e. The number of amides is 1. The van der Waals surface area contributed by atoms with Crippen molar-refractivity contribution in [3.05, 3.63) is 48.5 Å². The fourth-order valence-corrected chi connectivity index (χ4v) is 6.41. The van der Waals surface area contributed by atoms with Gasteiger partial charge >= 0.3 is 6.36 Å². The molecule has 0 aliphatic carbocycles. The summed E-state index contributed by atoms with van der Waals surface area (Å²) in [6, 6.07) is 9.68. The Hall–Kier alpha value is -2.92. The summed E-state index contributed by atoms with van der Waals surface area (Å²) < 4.78 is 105. The van der Waals surface area contributed by atoms with Gasteiger partial charge in [-0.15, -0.1) is 17.5 Å². The highest BCUT2D eigenvalue weighted by atomic mass is 32.2. The molecule has 3 rings (SSSR count). The van der Waals surface area contributed by atoms with Gasteiger partial charge in [0.25, 0.3) is 16.0 Å². The van der Waals surface area contributed by atoms with E-state index >= 15 is 0 Å². The number of ether oxygens (including phenoxy) is 3. The summed E-state index contributed by atoms with van der Waals surface area (Å²) in [5, 5.41) is 3.50. The molecular formula is C23H27F3N2O9S2. The third kappa shape index (κ3) is 7.82. The lowest BCUT2D eigenvalue weighted by molar-refractivity contribution is -0.274. The van der Waals surface area contributed by atoms with E-state index in [1.165, 1.54) is 43.5 Å². The summed E-state index contributed by atoms with van der Waals surface area (Å²) in [6.45, 7) is -0.0773. The molecule has 0 unspecified atom stereocenters. The molecule has 216 valence electrons. The number of piperidine rings is 1. The number of hydroxylamine groups is 2. The van der Waals surface area contributed by atoms with Crippen LogP contribution >= 0.6 is 0 Å². The van der Waals surface area contributed by atoms with Crippen molar-refractivity contribution in [1.82, 2.24) is 10.4 Å². The number of alkyl halides is 3. The normalized spacial score (nSPS) is 15.9. The quantitative estimate of drug-likeness (QED) is 0.386. The summed E-state index contributed by atoms with van der Waals surface area (Å²) in [5.74, 6) is -1.14. The molecule has 0 aromatic heterocycles. The van der Waals surface area contributed by atoms with Crippen molar-refractivity contribution in [2.45, 2.75) is 28.8 Å². The van der Waals surface area contributed by atoms with Crippen molar-refractivity contribution in [3.8, 4) is 17.2 Å². The van der Waals surface area contributed by atoms with E-state index in [1.54, 1.807) is 0 Å². The Morgan fingerprint density at radius 2 is 1.46 bits per heavy atom. The number of halogens is 3. The molecule has 1 heterocycles. The van der Waals surface area contributed by atoms with E-state index in [1.807, 2.05) is 0 Å². The predicted molar refractivity (Wildman–Crippen MR) is 131 cm³/mol. The van der Waals surface area contributed by atoms with Crippen LogP contribution in [-0.2, 0) is 33.8 Å². The second-order valence-electron chi connectivity index (χ2n) is 8.52. The van der Waals surface area contributed by atoms with Crippen LogP contribution in [0.4, 0.5) is 13.2 Å². The van der Waals surface area contributed by atoms with Crippen molar-refractivity contribution in [1.29, 1.82) is 0 Å². The second kappa shape index (κ2) is 12.1. The molecule has 0 saturated carbocycles. The third-order valence-corrected chi connectivity index (χ3v) is 8.65. The van der Waals surface area contributed by atoms with Gasteiger partial charge in [0.05, 0.1) is 24.3 Å². The SMILES string of the molecule is COCCN(OS(C)(=O)=O)C(=O)C1(S(=O)(=O)c2ccc(Oc3ccc(OC(F)(F)F)cc3)cc2)CCNCC1. The topological polar surface area (TPSA) is 138 Å². The molecule has 0 spiro atoms. The maximum absolute atomic E-state index is 13.9. The van der Waals surface area contributed by atoms with E-state index in [2.05, 4.69) is 10.1 Å². The van der Waals surface area contributed by atoms with Gasteiger partial charge in [-0.3, -0.25) is 4.79 Å². The van der Waals surface area contributed by atoms with Crippen LogP contribution in [0.5, 0.6) is 17.2 Å². The second-order valence-corrected chi connectivity index (χ2v) is 12.3. The van der Waals surface area contributed by atoms with E-state index in [0.717, 1.165) is 18.4 Å². The molecule has 0 atom stereocenters. The molecule has 1 amide bonds. The number of hydrogen-bond donors (Lipinski definition) is 1. The lowest BCUT2D eigenvalue weighted by Gasteiger charge is -2.38. The van der Waals surface area contributed by atoms with Gasteiger partial charge in [-0.1, -0.05) is 0 Å². The highest BCUT2D eigenvalue weighted by molar-refractivity contribution is 7.93. The first kappa shape index (κ1) is 30.6. The van der Waals surface area contributed by atoms with Gasteiger partial charge in [-0.25, -0.2) is 13.5 Å². The average molecular weight is 597 g/mol. The summed E-state index contributed by atoms with van der Waals surface area (Å²) in [4.78, 5) is 13.4. The predicted octanol–water partition coefficient (Wildman–Crippen LogP) is 2.64. The van der Waals surface area contributed by atoms with Gasteiger partial charge in [0.2, 0.25) is 0 Å². The summed E-state index contributed by atoms with van der Waals surface area (Å²) >= 11 is 0.